The lowest BCUT2D eigenvalue weighted by Gasteiger charge is -2.37. The molecule has 1 saturated heterocycles. The normalized spacial score (nSPS) is 14.5. The maximum Gasteiger partial charge on any atom is 0.348 e. The highest BCUT2D eigenvalue weighted by molar-refractivity contribution is 7.20. The summed E-state index contributed by atoms with van der Waals surface area (Å²) in [6.07, 6.45) is 0. The molecular weight excluding hydrogens is 408 g/mol. The summed E-state index contributed by atoms with van der Waals surface area (Å²) in [6.45, 7) is 9.60. The van der Waals surface area contributed by atoms with Gasteiger partial charge in [-0.1, -0.05) is 12.1 Å². The number of carbonyl (C=O) groups excluding carboxylic acids is 1. The molecule has 152 valence electrons. The summed E-state index contributed by atoms with van der Waals surface area (Å²) < 4.78 is 5.20. The SMILES string of the molecule is CCOC(=O)c1sc2nc(Cl)nc(N3CCN(c4cccc(C)c4)CC3)c2c1C. The van der Waals surface area contributed by atoms with Crippen LogP contribution in [-0.4, -0.2) is 48.7 Å². The van der Waals surface area contributed by atoms with Gasteiger partial charge in [0.15, 0.2) is 0 Å². The average molecular weight is 431 g/mol. The van der Waals surface area contributed by atoms with E-state index in [1.807, 2.05) is 6.92 Å². The number of thiophene rings is 1. The standard InChI is InChI=1S/C21H23ClN4O2S/c1-4-28-20(27)17-14(3)16-18(23-21(22)24-19(16)29-17)26-10-8-25(9-11-26)15-7-5-6-13(2)12-15/h5-7,12H,4,8-11H2,1-3H3. The highest BCUT2D eigenvalue weighted by atomic mass is 35.5. The molecule has 8 heteroatoms. The Morgan fingerprint density at radius 3 is 2.59 bits per heavy atom. The van der Waals surface area contributed by atoms with Gasteiger partial charge in [-0.25, -0.2) is 9.78 Å². The van der Waals surface area contributed by atoms with E-state index in [-0.39, 0.29) is 11.3 Å². The van der Waals surface area contributed by atoms with E-state index in [1.54, 1.807) is 6.92 Å². The summed E-state index contributed by atoms with van der Waals surface area (Å²) in [6, 6.07) is 8.57. The van der Waals surface area contributed by atoms with Gasteiger partial charge in [-0.15, -0.1) is 11.3 Å². The molecule has 3 heterocycles. The lowest BCUT2D eigenvalue weighted by Crippen LogP contribution is -2.47. The van der Waals surface area contributed by atoms with E-state index in [4.69, 9.17) is 16.3 Å². The number of benzene rings is 1. The van der Waals surface area contributed by atoms with Crippen molar-refractivity contribution in [3.8, 4) is 0 Å². The van der Waals surface area contributed by atoms with Crippen LogP contribution >= 0.6 is 22.9 Å². The molecule has 0 bridgehead atoms. The minimum Gasteiger partial charge on any atom is -0.462 e. The van der Waals surface area contributed by atoms with Crippen LogP contribution in [0.2, 0.25) is 5.28 Å². The third kappa shape index (κ3) is 3.89. The molecule has 4 rings (SSSR count). The molecular formula is C21H23ClN4O2S. The number of hydrogen-bond acceptors (Lipinski definition) is 7. The van der Waals surface area contributed by atoms with Crippen LogP contribution in [0.5, 0.6) is 0 Å². The third-order valence-corrected chi connectivity index (χ3v) is 6.49. The van der Waals surface area contributed by atoms with Crippen molar-refractivity contribution in [2.75, 3.05) is 42.6 Å². The fourth-order valence-corrected chi connectivity index (χ4v) is 5.00. The second kappa shape index (κ2) is 8.16. The lowest BCUT2D eigenvalue weighted by molar-refractivity contribution is 0.0531. The summed E-state index contributed by atoms with van der Waals surface area (Å²) in [5.41, 5.74) is 3.36. The fourth-order valence-electron chi connectivity index (χ4n) is 3.71. The van der Waals surface area contributed by atoms with Crippen molar-refractivity contribution >= 4 is 50.6 Å². The van der Waals surface area contributed by atoms with Gasteiger partial charge < -0.3 is 14.5 Å². The Hall–Kier alpha value is -2.38. The average Bonchev–Trinajstić information content (AvgIpc) is 3.04. The molecule has 0 aliphatic carbocycles. The number of halogens is 1. The molecule has 0 N–H and O–H groups in total. The third-order valence-electron chi connectivity index (χ3n) is 5.15. The van der Waals surface area contributed by atoms with Gasteiger partial charge in [0.1, 0.15) is 15.5 Å². The molecule has 1 aromatic carbocycles. The molecule has 0 spiro atoms. The Balaban J connectivity index is 1.63. The number of esters is 1. The molecule has 0 radical (unpaired) electrons. The molecule has 3 aromatic rings. The van der Waals surface area contributed by atoms with Crippen LogP contribution in [0.1, 0.15) is 27.7 Å². The maximum absolute atomic E-state index is 12.3. The van der Waals surface area contributed by atoms with Gasteiger partial charge in [0.05, 0.1) is 12.0 Å². The molecule has 0 saturated carbocycles. The zero-order valence-electron chi connectivity index (χ0n) is 16.7. The zero-order valence-corrected chi connectivity index (χ0v) is 18.3. The van der Waals surface area contributed by atoms with E-state index in [0.29, 0.717) is 11.5 Å². The number of hydrogen-bond donors (Lipinski definition) is 0. The first-order valence-corrected chi connectivity index (χ1v) is 10.9. The van der Waals surface area contributed by atoms with Crippen molar-refractivity contribution in [3.05, 3.63) is 45.6 Å². The Morgan fingerprint density at radius 1 is 1.17 bits per heavy atom. The number of rotatable bonds is 4. The monoisotopic (exact) mass is 430 g/mol. The van der Waals surface area contributed by atoms with Crippen molar-refractivity contribution in [1.82, 2.24) is 9.97 Å². The number of anilines is 2. The number of carbonyl (C=O) groups is 1. The zero-order chi connectivity index (χ0) is 20.5. The molecule has 6 nitrogen and oxygen atoms in total. The van der Waals surface area contributed by atoms with Crippen LogP contribution in [0.25, 0.3) is 10.2 Å². The highest BCUT2D eigenvalue weighted by Crippen LogP contribution is 2.37. The van der Waals surface area contributed by atoms with Crippen LogP contribution in [0, 0.1) is 13.8 Å². The van der Waals surface area contributed by atoms with E-state index in [0.717, 1.165) is 47.8 Å². The van der Waals surface area contributed by atoms with Crippen molar-refractivity contribution in [1.29, 1.82) is 0 Å². The minimum atomic E-state index is -0.320. The Kier molecular flexibility index (Phi) is 5.61. The van der Waals surface area contributed by atoms with Gasteiger partial charge in [-0.3, -0.25) is 0 Å². The summed E-state index contributed by atoms with van der Waals surface area (Å²) in [4.78, 5) is 27.1. The minimum absolute atomic E-state index is 0.199. The molecule has 0 amide bonds. The summed E-state index contributed by atoms with van der Waals surface area (Å²) in [5.74, 6) is 0.479. The van der Waals surface area contributed by atoms with Gasteiger partial charge in [0.2, 0.25) is 5.28 Å². The molecule has 1 aliphatic heterocycles. The predicted octanol–water partition coefficient (Wildman–Crippen LogP) is 4.46. The van der Waals surface area contributed by atoms with Crippen LogP contribution in [0.4, 0.5) is 11.5 Å². The molecule has 1 fully saturated rings. The van der Waals surface area contributed by atoms with Crippen molar-refractivity contribution in [2.45, 2.75) is 20.8 Å². The van der Waals surface area contributed by atoms with Crippen LogP contribution in [-0.2, 0) is 4.74 Å². The van der Waals surface area contributed by atoms with E-state index >= 15 is 0 Å². The Morgan fingerprint density at radius 2 is 1.90 bits per heavy atom. The first kappa shape index (κ1) is 19.9. The smallest absolute Gasteiger partial charge is 0.348 e. The highest BCUT2D eigenvalue weighted by Gasteiger charge is 2.26. The van der Waals surface area contributed by atoms with Crippen molar-refractivity contribution in [3.63, 3.8) is 0 Å². The van der Waals surface area contributed by atoms with Crippen molar-refractivity contribution < 1.29 is 9.53 Å². The summed E-state index contributed by atoms with van der Waals surface area (Å²) in [7, 11) is 0. The predicted molar refractivity (Wildman–Crippen MR) is 119 cm³/mol. The van der Waals surface area contributed by atoms with Gasteiger partial charge >= 0.3 is 5.97 Å². The van der Waals surface area contributed by atoms with Crippen LogP contribution in [0.15, 0.2) is 24.3 Å². The summed E-state index contributed by atoms with van der Waals surface area (Å²) in [5, 5.41) is 1.09. The second-order valence-electron chi connectivity index (χ2n) is 7.09. The number of aromatic nitrogens is 2. The quantitative estimate of drug-likeness (QED) is 0.449. The van der Waals surface area contributed by atoms with E-state index in [1.165, 1.54) is 22.6 Å². The molecule has 2 aromatic heterocycles. The van der Waals surface area contributed by atoms with Crippen molar-refractivity contribution in [2.24, 2.45) is 0 Å². The Bertz CT molecular complexity index is 1060. The van der Waals surface area contributed by atoms with Gasteiger partial charge in [-0.05, 0) is 55.6 Å². The van der Waals surface area contributed by atoms with E-state index in [2.05, 4.69) is 51.0 Å². The number of piperazine rings is 1. The topological polar surface area (TPSA) is 58.6 Å². The molecule has 29 heavy (non-hydrogen) atoms. The molecule has 0 atom stereocenters. The lowest BCUT2D eigenvalue weighted by atomic mass is 10.1. The number of aryl methyl sites for hydroxylation is 2. The molecule has 0 unspecified atom stereocenters. The van der Waals surface area contributed by atoms with E-state index in [9.17, 15) is 4.79 Å². The Labute approximate surface area is 179 Å². The number of fused-ring (bicyclic) bond motifs is 1. The maximum atomic E-state index is 12.3. The summed E-state index contributed by atoms with van der Waals surface area (Å²) >= 11 is 7.53. The van der Waals surface area contributed by atoms with Gasteiger partial charge in [0, 0.05) is 31.9 Å². The van der Waals surface area contributed by atoms with Gasteiger partial charge in [-0.2, -0.15) is 4.98 Å². The van der Waals surface area contributed by atoms with E-state index < -0.39 is 0 Å². The fraction of sp³-hybridized carbons (Fsp3) is 0.381. The largest absolute Gasteiger partial charge is 0.462 e. The van der Waals surface area contributed by atoms with Crippen LogP contribution in [0.3, 0.4) is 0 Å². The first-order valence-electron chi connectivity index (χ1n) is 9.68. The van der Waals surface area contributed by atoms with Crippen LogP contribution < -0.4 is 9.80 Å². The number of ether oxygens (including phenoxy) is 1. The van der Waals surface area contributed by atoms with Gasteiger partial charge in [0.25, 0.3) is 0 Å². The second-order valence-corrected chi connectivity index (χ2v) is 8.42. The number of nitrogens with zero attached hydrogens (tertiary/aromatic N) is 4. The molecule has 1 aliphatic rings. The first-order chi connectivity index (χ1) is 14.0.